The van der Waals surface area contributed by atoms with Crippen LogP contribution in [-0.4, -0.2) is 342 Å². The average molecular weight is 1200 g/mol. The summed E-state index contributed by atoms with van der Waals surface area (Å²) in [7, 11) is -5.12. The summed E-state index contributed by atoms with van der Waals surface area (Å²) in [6.07, 6.45) is -51.7. The molecule has 0 radical (unpaired) electrons. The van der Waals surface area contributed by atoms with Crippen molar-refractivity contribution >= 4 is 28.1 Å². The van der Waals surface area contributed by atoms with Crippen LogP contribution in [0.5, 0.6) is 0 Å². The molecule has 21 N–H and O–H groups in total. The fraction of sp³-hybridized carbons (Fsp3) is 0.929. The highest BCUT2D eigenvalue weighted by molar-refractivity contribution is 7.80. The molecule has 0 saturated carbocycles. The number of hydrogen-bond acceptors (Lipinski definition) is 33. The number of amides is 3. The van der Waals surface area contributed by atoms with Crippen LogP contribution in [0.1, 0.15) is 20.8 Å². The zero-order valence-corrected chi connectivity index (χ0v) is 43.5. The van der Waals surface area contributed by atoms with E-state index >= 15 is 0 Å². The Kier molecular flexibility index (Phi) is 25.3. The summed E-state index contributed by atoms with van der Waals surface area (Å²) in [4.78, 5) is 37.2. The van der Waals surface area contributed by atoms with Crippen LogP contribution in [0.4, 0.5) is 0 Å². The lowest BCUT2D eigenvalue weighted by atomic mass is 9.94. The minimum Gasteiger partial charge on any atom is -0.394 e. The topological polar surface area (TPSA) is 587 Å². The number of carbonyl (C=O) groups excluding carboxylic acids is 3. The van der Waals surface area contributed by atoms with Gasteiger partial charge in [-0.05, 0) is 0 Å². The molecule has 3 amide bonds. The third kappa shape index (κ3) is 16.5. The maximum atomic E-state index is 12.5. The third-order valence-corrected chi connectivity index (χ3v) is 13.9. The number of aliphatic hydroxyl groups is 17. The van der Waals surface area contributed by atoms with E-state index < -0.39 is 252 Å². The Labute approximate surface area is 453 Å². The minimum absolute atomic E-state index is 0.864. The first-order valence-corrected chi connectivity index (χ1v) is 26.0. The Morgan fingerprint density at radius 2 is 0.925 bits per heavy atom. The fourth-order valence-corrected chi connectivity index (χ4v) is 9.67. The maximum Gasteiger partial charge on any atom is 0.397 e. The smallest absolute Gasteiger partial charge is 0.394 e. The molecule has 29 atom stereocenters. The van der Waals surface area contributed by atoms with Gasteiger partial charge in [0, 0.05) is 20.8 Å². The van der Waals surface area contributed by atoms with Gasteiger partial charge in [-0.2, -0.15) is 8.42 Å². The van der Waals surface area contributed by atoms with E-state index in [9.17, 15) is 110 Å². The van der Waals surface area contributed by atoms with Crippen molar-refractivity contribution in [2.75, 3.05) is 46.2 Å². The summed E-state index contributed by atoms with van der Waals surface area (Å²) >= 11 is 0. The molecular formula is C42H73N3O34S. The van der Waals surface area contributed by atoms with Crippen molar-refractivity contribution in [3.05, 3.63) is 0 Å². The predicted octanol–water partition coefficient (Wildman–Crippen LogP) is -14.2. The first kappa shape index (κ1) is 68.0. The lowest BCUT2D eigenvalue weighted by Crippen LogP contribution is -2.69. The molecule has 0 aromatic carbocycles. The second kappa shape index (κ2) is 29.8. The zero-order valence-electron chi connectivity index (χ0n) is 42.7. The van der Waals surface area contributed by atoms with Crippen molar-refractivity contribution in [1.29, 1.82) is 0 Å². The number of carbonyl (C=O) groups is 3. The summed E-state index contributed by atoms with van der Waals surface area (Å²) in [5.41, 5.74) is 0. The van der Waals surface area contributed by atoms with Gasteiger partial charge in [0.1, 0.15) is 140 Å². The molecule has 80 heavy (non-hydrogen) atoms. The Morgan fingerprint density at radius 3 is 1.39 bits per heavy atom. The predicted molar refractivity (Wildman–Crippen MR) is 247 cm³/mol. The van der Waals surface area contributed by atoms with Crippen molar-refractivity contribution < 1.29 is 166 Å². The van der Waals surface area contributed by atoms with Gasteiger partial charge >= 0.3 is 10.4 Å². The van der Waals surface area contributed by atoms with Gasteiger partial charge < -0.3 is 150 Å². The zero-order chi connectivity index (χ0) is 59.8. The SMILES string of the molecule is CC(=O)NC(CO)C(OC1OC(CO)C(O)C(OC2OC(CO)C(OC3OC(CO)C(O)C(O)C3O)C(O)C2NC(C)=O)C1O)C(O)C(O)COC1OC(CO)C(OC2OC(COS(=O)(=O)O)C(O)C(O)C2O)C(O)C1NC(C)=O. The number of rotatable bonds is 25. The number of aliphatic hydroxyl groups excluding tert-OH is 17. The van der Waals surface area contributed by atoms with Crippen LogP contribution < -0.4 is 16.0 Å². The number of hydrogen-bond donors (Lipinski definition) is 21. The van der Waals surface area contributed by atoms with E-state index in [1.54, 1.807) is 0 Å². The monoisotopic (exact) mass is 1200 g/mol. The number of nitrogens with one attached hydrogen (secondary N) is 3. The first-order chi connectivity index (χ1) is 37.5. The second-order valence-electron chi connectivity index (χ2n) is 19.3. The molecule has 5 heterocycles. The van der Waals surface area contributed by atoms with E-state index in [-0.39, 0.29) is 0 Å². The highest BCUT2D eigenvalue weighted by Crippen LogP contribution is 2.35. The molecule has 5 aliphatic rings. The Bertz CT molecular complexity index is 2070. The quantitative estimate of drug-likeness (QED) is 0.0378. The van der Waals surface area contributed by atoms with Crippen molar-refractivity contribution in [3.63, 3.8) is 0 Å². The van der Waals surface area contributed by atoms with Crippen molar-refractivity contribution in [1.82, 2.24) is 16.0 Å². The fourth-order valence-electron chi connectivity index (χ4n) is 9.37. The standard InChI is InChI=1S/C42H73N3O34S/c1-11(51)43-14(4-46)34(23(55)15(54)9-69-38-21(44-12(2)52)27(59)35(18(7-49)73-38)78-41-32(64)30(62)25(57)20(75-41)10-70-80(66,67)68)76-42-33(65)37(26(58)17(6-48)72-42)79-39-22(45-13(3)53)28(60)36(19(8-50)74-39)77-40-31(63)29(61)24(56)16(5-47)71-40/h14-42,46-50,54-65H,4-10H2,1-3H3,(H,43,51)(H,44,52)(H,45,53)(H,66,67,68). The van der Waals surface area contributed by atoms with E-state index in [4.69, 9.17) is 51.9 Å². The molecule has 0 spiro atoms. The second-order valence-corrected chi connectivity index (χ2v) is 20.4. The molecule has 38 heteroatoms. The van der Waals surface area contributed by atoms with Crippen LogP contribution in [0.15, 0.2) is 0 Å². The molecule has 466 valence electrons. The Balaban J connectivity index is 1.35. The highest BCUT2D eigenvalue weighted by atomic mass is 32.3. The molecule has 0 bridgehead atoms. The van der Waals surface area contributed by atoms with Crippen molar-refractivity contribution in [2.24, 2.45) is 0 Å². The van der Waals surface area contributed by atoms with Crippen LogP contribution in [0.25, 0.3) is 0 Å². The number of ether oxygens (including phenoxy) is 10. The van der Waals surface area contributed by atoms with Crippen molar-refractivity contribution in [3.8, 4) is 0 Å². The van der Waals surface area contributed by atoms with Crippen molar-refractivity contribution in [2.45, 2.75) is 199 Å². The molecule has 29 unspecified atom stereocenters. The minimum atomic E-state index is -5.12. The molecule has 0 aliphatic carbocycles. The summed E-state index contributed by atoms with van der Waals surface area (Å²) in [5, 5.41) is 190. The molecule has 5 saturated heterocycles. The first-order valence-electron chi connectivity index (χ1n) is 24.7. The summed E-state index contributed by atoms with van der Waals surface area (Å²) in [6.45, 7) is -4.46. The van der Waals surface area contributed by atoms with E-state index in [1.165, 1.54) is 0 Å². The molecular weight excluding hydrogens is 1120 g/mol. The Morgan fingerprint density at radius 1 is 0.500 bits per heavy atom. The molecule has 0 aromatic rings. The van der Waals surface area contributed by atoms with E-state index in [0.29, 0.717) is 0 Å². The van der Waals surface area contributed by atoms with Gasteiger partial charge in [-0.25, -0.2) is 4.18 Å². The lowest BCUT2D eigenvalue weighted by molar-refractivity contribution is -0.372. The molecule has 5 fully saturated rings. The van der Waals surface area contributed by atoms with Gasteiger partial charge in [-0.15, -0.1) is 0 Å². The van der Waals surface area contributed by atoms with Crippen LogP contribution in [-0.2, 0) is 76.3 Å². The Hall–Kier alpha value is -2.80. The largest absolute Gasteiger partial charge is 0.397 e. The molecule has 37 nitrogen and oxygen atoms in total. The summed E-state index contributed by atoms with van der Waals surface area (Å²) < 4.78 is 92.1. The third-order valence-electron chi connectivity index (χ3n) is 13.5. The van der Waals surface area contributed by atoms with Crippen LogP contribution in [0, 0.1) is 0 Å². The van der Waals surface area contributed by atoms with E-state index in [2.05, 4.69) is 20.1 Å². The average Bonchev–Trinajstić information content (AvgIpc) is 3.40. The van der Waals surface area contributed by atoms with E-state index in [1.807, 2.05) is 0 Å². The highest BCUT2D eigenvalue weighted by Gasteiger charge is 2.56. The van der Waals surface area contributed by atoms with Gasteiger partial charge in [0.2, 0.25) is 17.7 Å². The van der Waals surface area contributed by atoms with Crippen LogP contribution in [0.3, 0.4) is 0 Å². The normalized spacial score (nSPS) is 42.4. The van der Waals surface area contributed by atoms with Gasteiger partial charge in [0.15, 0.2) is 31.5 Å². The molecule has 0 aromatic heterocycles. The van der Waals surface area contributed by atoms with E-state index in [0.717, 1.165) is 20.8 Å². The molecule has 5 rings (SSSR count). The molecule has 5 aliphatic heterocycles. The van der Waals surface area contributed by atoms with Gasteiger partial charge in [-0.1, -0.05) is 0 Å². The van der Waals surface area contributed by atoms with Gasteiger partial charge in [0.25, 0.3) is 0 Å². The van der Waals surface area contributed by atoms with Crippen LogP contribution >= 0.6 is 0 Å². The van der Waals surface area contributed by atoms with Gasteiger partial charge in [-0.3, -0.25) is 18.9 Å². The van der Waals surface area contributed by atoms with Gasteiger partial charge in [0.05, 0.1) is 52.3 Å². The summed E-state index contributed by atoms with van der Waals surface area (Å²) in [6, 6.07) is -5.28. The lowest BCUT2D eigenvalue weighted by Gasteiger charge is -2.49. The van der Waals surface area contributed by atoms with Crippen LogP contribution in [0.2, 0.25) is 0 Å². The maximum absolute atomic E-state index is 12.5. The summed E-state index contributed by atoms with van der Waals surface area (Å²) in [5.74, 6) is -2.60.